The highest BCUT2D eigenvalue weighted by Gasteiger charge is 2.08. The van der Waals surface area contributed by atoms with Crippen molar-refractivity contribution in [2.24, 2.45) is 0 Å². The Balaban J connectivity index is 2.86. The molecule has 1 unspecified atom stereocenters. The van der Waals surface area contributed by atoms with Gasteiger partial charge in [-0.15, -0.1) is 0 Å². The van der Waals surface area contributed by atoms with Crippen LogP contribution in [0.1, 0.15) is 25.3 Å². The summed E-state index contributed by atoms with van der Waals surface area (Å²) < 4.78 is 5.35. The molecule has 3 heteroatoms. The van der Waals surface area contributed by atoms with Gasteiger partial charge in [-0.3, -0.25) is 0 Å². The van der Waals surface area contributed by atoms with Crippen molar-refractivity contribution >= 4 is 11.8 Å². The molecule has 0 bridgehead atoms. The van der Waals surface area contributed by atoms with E-state index < -0.39 is 0 Å². The summed E-state index contributed by atoms with van der Waals surface area (Å²) in [4.78, 5) is 0. The van der Waals surface area contributed by atoms with E-state index in [1.165, 1.54) is 5.56 Å². The van der Waals surface area contributed by atoms with Gasteiger partial charge in [-0.1, -0.05) is 13.0 Å². The molecule has 0 aliphatic heterocycles. The molecule has 1 aromatic carbocycles. The van der Waals surface area contributed by atoms with Crippen LogP contribution in [0.4, 0.5) is 0 Å². The molecular formula is C12H18O2S. The van der Waals surface area contributed by atoms with Crippen LogP contribution < -0.4 is 4.74 Å². The molecule has 1 aromatic rings. The first-order valence-corrected chi connectivity index (χ1v) is 6.53. The zero-order chi connectivity index (χ0) is 11.3. The number of ether oxygens (including phenoxy) is 1. The van der Waals surface area contributed by atoms with E-state index in [4.69, 9.17) is 4.74 Å². The van der Waals surface area contributed by atoms with E-state index in [0.717, 1.165) is 5.75 Å². The molecule has 0 saturated heterocycles. The van der Waals surface area contributed by atoms with Crippen LogP contribution in [0, 0.1) is 0 Å². The molecule has 0 fully saturated rings. The monoisotopic (exact) mass is 226 g/mol. The van der Waals surface area contributed by atoms with Crippen LogP contribution >= 0.6 is 11.8 Å². The maximum Gasteiger partial charge on any atom is 0.161 e. The van der Waals surface area contributed by atoms with Gasteiger partial charge in [0.15, 0.2) is 11.5 Å². The first-order valence-electron chi connectivity index (χ1n) is 5.13. The van der Waals surface area contributed by atoms with Gasteiger partial charge in [-0.25, -0.2) is 0 Å². The predicted molar refractivity (Wildman–Crippen MR) is 66.1 cm³/mol. The first kappa shape index (κ1) is 12.2. The summed E-state index contributed by atoms with van der Waals surface area (Å²) in [6, 6.07) is 5.59. The van der Waals surface area contributed by atoms with Crippen LogP contribution in [0.2, 0.25) is 0 Å². The van der Waals surface area contributed by atoms with E-state index in [0.29, 0.717) is 18.3 Å². The van der Waals surface area contributed by atoms with E-state index >= 15 is 0 Å². The van der Waals surface area contributed by atoms with E-state index in [1.54, 1.807) is 6.07 Å². The zero-order valence-corrected chi connectivity index (χ0v) is 10.3. The summed E-state index contributed by atoms with van der Waals surface area (Å²) in [5, 5.41) is 9.55. The highest BCUT2D eigenvalue weighted by molar-refractivity contribution is 7.98. The molecule has 0 heterocycles. The second-order valence-electron chi connectivity index (χ2n) is 3.52. The Morgan fingerprint density at radius 3 is 2.80 bits per heavy atom. The third-order valence-corrected chi connectivity index (χ3v) is 3.10. The molecule has 1 rings (SSSR count). The fraction of sp³-hybridized carbons (Fsp3) is 0.500. The average Bonchev–Trinajstić information content (AvgIpc) is 2.22. The van der Waals surface area contributed by atoms with Crippen molar-refractivity contribution in [3.63, 3.8) is 0 Å². The Morgan fingerprint density at radius 2 is 2.20 bits per heavy atom. The largest absolute Gasteiger partial charge is 0.504 e. The van der Waals surface area contributed by atoms with Crippen molar-refractivity contribution in [2.45, 2.75) is 19.8 Å². The summed E-state index contributed by atoms with van der Waals surface area (Å²) in [5.74, 6) is 2.37. The van der Waals surface area contributed by atoms with Gasteiger partial charge in [0.05, 0.1) is 6.61 Å². The Morgan fingerprint density at radius 1 is 1.47 bits per heavy atom. The molecule has 15 heavy (non-hydrogen) atoms. The molecule has 0 radical (unpaired) electrons. The van der Waals surface area contributed by atoms with Crippen LogP contribution in [-0.2, 0) is 0 Å². The van der Waals surface area contributed by atoms with Gasteiger partial charge in [0.25, 0.3) is 0 Å². The lowest BCUT2D eigenvalue weighted by Crippen LogP contribution is -1.98. The second kappa shape index (κ2) is 5.91. The summed E-state index contributed by atoms with van der Waals surface area (Å²) in [7, 11) is 0. The Hall–Kier alpha value is -0.830. The van der Waals surface area contributed by atoms with Gasteiger partial charge in [-0.05, 0) is 42.5 Å². The van der Waals surface area contributed by atoms with Crippen molar-refractivity contribution in [1.29, 1.82) is 0 Å². The number of phenolic OH excluding ortho intramolecular Hbond substituents is 1. The molecular weight excluding hydrogens is 208 g/mol. The minimum atomic E-state index is 0.219. The van der Waals surface area contributed by atoms with Gasteiger partial charge in [-0.2, -0.15) is 11.8 Å². The molecule has 1 N–H and O–H groups in total. The number of rotatable bonds is 5. The van der Waals surface area contributed by atoms with Crippen molar-refractivity contribution < 1.29 is 9.84 Å². The predicted octanol–water partition coefficient (Wildman–Crippen LogP) is 3.26. The van der Waals surface area contributed by atoms with Crippen molar-refractivity contribution in [1.82, 2.24) is 0 Å². The Labute approximate surface area is 95.7 Å². The number of hydrogen-bond donors (Lipinski definition) is 1. The van der Waals surface area contributed by atoms with Crippen LogP contribution in [0.3, 0.4) is 0 Å². The number of benzene rings is 1. The molecule has 1 atom stereocenters. The third-order valence-electron chi connectivity index (χ3n) is 2.27. The van der Waals surface area contributed by atoms with Crippen LogP contribution in [0.25, 0.3) is 0 Å². The highest BCUT2D eigenvalue weighted by atomic mass is 32.2. The molecule has 0 spiro atoms. The summed E-state index contributed by atoms with van der Waals surface area (Å²) in [5.41, 5.74) is 1.21. The lowest BCUT2D eigenvalue weighted by atomic mass is 10.0. The van der Waals surface area contributed by atoms with Crippen LogP contribution in [0.5, 0.6) is 11.5 Å². The van der Waals surface area contributed by atoms with Gasteiger partial charge in [0.1, 0.15) is 0 Å². The molecule has 0 amide bonds. The molecule has 0 saturated carbocycles. The van der Waals surface area contributed by atoms with Gasteiger partial charge in [0.2, 0.25) is 0 Å². The van der Waals surface area contributed by atoms with Crippen LogP contribution in [-0.4, -0.2) is 23.7 Å². The topological polar surface area (TPSA) is 29.5 Å². The summed E-state index contributed by atoms with van der Waals surface area (Å²) in [6.07, 6.45) is 2.10. The van der Waals surface area contributed by atoms with Crippen molar-refractivity contribution in [3.8, 4) is 11.5 Å². The highest BCUT2D eigenvalue weighted by Crippen LogP contribution is 2.30. The first-order chi connectivity index (χ1) is 7.19. The number of hydrogen-bond acceptors (Lipinski definition) is 3. The van der Waals surface area contributed by atoms with E-state index in [2.05, 4.69) is 13.2 Å². The van der Waals surface area contributed by atoms with Crippen molar-refractivity contribution in [3.05, 3.63) is 23.8 Å². The number of aromatic hydroxyl groups is 1. The lowest BCUT2D eigenvalue weighted by Gasteiger charge is -2.13. The Kier molecular flexibility index (Phi) is 4.82. The van der Waals surface area contributed by atoms with Crippen molar-refractivity contribution in [2.75, 3.05) is 18.6 Å². The summed E-state index contributed by atoms with van der Waals surface area (Å²) >= 11 is 1.82. The normalized spacial score (nSPS) is 12.5. The SMILES string of the molecule is CCOc1cc(C(C)CSC)ccc1O. The zero-order valence-electron chi connectivity index (χ0n) is 9.49. The molecule has 2 nitrogen and oxygen atoms in total. The average molecular weight is 226 g/mol. The van der Waals surface area contributed by atoms with Gasteiger partial charge in [0, 0.05) is 0 Å². The van der Waals surface area contributed by atoms with Gasteiger partial charge < -0.3 is 9.84 Å². The lowest BCUT2D eigenvalue weighted by molar-refractivity contribution is 0.317. The maximum absolute atomic E-state index is 9.55. The minimum Gasteiger partial charge on any atom is -0.504 e. The fourth-order valence-corrected chi connectivity index (χ4v) is 2.15. The minimum absolute atomic E-state index is 0.219. The number of thioether (sulfide) groups is 1. The molecule has 0 aromatic heterocycles. The summed E-state index contributed by atoms with van der Waals surface area (Å²) in [6.45, 7) is 4.67. The van der Waals surface area contributed by atoms with Crippen LogP contribution in [0.15, 0.2) is 18.2 Å². The van der Waals surface area contributed by atoms with E-state index in [9.17, 15) is 5.11 Å². The molecule has 0 aliphatic rings. The fourth-order valence-electron chi connectivity index (χ4n) is 1.45. The smallest absolute Gasteiger partial charge is 0.161 e. The quantitative estimate of drug-likeness (QED) is 0.835. The number of phenols is 1. The molecule has 84 valence electrons. The van der Waals surface area contributed by atoms with E-state index in [1.807, 2.05) is 30.8 Å². The standard InChI is InChI=1S/C12H18O2S/c1-4-14-12-7-10(5-6-11(12)13)9(2)8-15-3/h5-7,9,13H,4,8H2,1-3H3. The van der Waals surface area contributed by atoms with E-state index in [-0.39, 0.29) is 5.75 Å². The Bertz CT molecular complexity index is 312. The maximum atomic E-state index is 9.55. The second-order valence-corrected chi connectivity index (χ2v) is 4.43. The van der Waals surface area contributed by atoms with Gasteiger partial charge >= 0.3 is 0 Å². The third kappa shape index (κ3) is 3.34. The molecule has 0 aliphatic carbocycles.